The van der Waals surface area contributed by atoms with Crippen molar-refractivity contribution in [1.82, 2.24) is 48.8 Å². The number of halogens is 4. The van der Waals surface area contributed by atoms with Gasteiger partial charge in [-0.05, 0) is 196 Å². The Morgan fingerprint density at radius 1 is 0.682 bits per heavy atom. The van der Waals surface area contributed by atoms with Crippen LogP contribution in [0.25, 0.3) is 16.6 Å². The van der Waals surface area contributed by atoms with E-state index in [4.69, 9.17) is 47.8 Å². The van der Waals surface area contributed by atoms with Crippen LogP contribution in [0, 0.1) is 44.3 Å². The van der Waals surface area contributed by atoms with Crippen molar-refractivity contribution in [2.45, 2.75) is 155 Å². The number of carbonyl (C=O) groups is 2. The molecule has 5 atom stereocenters. The van der Waals surface area contributed by atoms with Crippen LogP contribution in [0.4, 0.5) is 14.6 Å². The molecule has 0 bridgehead atoms. The highest BCUT2D eigenvalue weighted by Gasteiger charge is 2.38. The molecule has 6 aliphatic heterocycles. The van der Waals surface area contributed by atoms with Crippen molar-refractivity contribution >= 4 is 63.6 Å². The molecule has 24 nitrogen and oxygen atoms in total. The minimum atomic E-state index is -0.644. The molecule has 28 heteroatoms. The van der Waals surface area contributed by atoms with Gasteiger partial charge in [0.2, 0.25) is 0 Å². The molecule has 3 saturated heterocycles. The number of alkyl halides is 2. The van der Waals surface area contributed by atoms with Crippen molar-refractivity contribution in [2.24, 2.45) is 22.9 Å². The molecule has 3 fully saturated rings. The number of aliphatic hydroxyl groups is 2. The molecule has 0 radical (unpaired) electrons. The van der Waals surface area contributed by atoms with Crippen molar-refractivity contribution in [1.29, 1.82) is 0 Å². The molecule has 1 aliphatic carbocycles. The smallest absolute Gasteiger partial charge is 0.309 e. The first-order valence-corrected chi connectivity index (χ1v) is 38.6. The van der Waals surface area contributed by atoms with E-state index in [0.29, 0.717) is 158 Å². The minimum absolute atomic E-state index is 0.00719. The molecule has 0 saturated carbocycles. The van der Waals surface area contributed by atoms with Gasteiger partial charge in [0.05, 0.1) is 29.8 Å². The number of ether oxygens (including phenoxy) is 3. The molecule has 110 heavy (non-hydrogen) atoms. The molecule has 5 N–H and O–H groups in total. The molecule has 16 rings (SSSR count). The Balaban J connectivity index is 0.000000136. The number of oxime groups is 1. The van der Waals surface area contributed by atoms with Gasteiger partial charge in [-0.2, -0.15) is 0 Å². The standard InChI is InChI=1S/C23H27FN4O3.C18H17ClN2O2.C12H15FN2O.C12H12N2O.C11H15ClN2O2.C6H8O3/c1-14-17(23(30)28-9-2-3-19(29)22(28)25-14)8-12-27-10-6-15(7-11-27)21-18-13-16(24)4-5-20(18)31-26-21;1-13-15(9-10-19)18(22)21-11-5-8-16(17(21)20-13)23-12-14-6-3-2-4-7-14;13-9-1-2-11-10(7-9)12(15-16-11)8-3-5-14-6-4-8;13-12-11(7-4-8-14-12)15-9-10-5-2-1-3-6-10;1-7-8(4-5-12)11(16)14-6-2-3-9(15)10(14)13-7;7-3-1-5-2-4-9-6(5)8/h4-5,13,15,19,29H,2-3,6-12H2,1H3;2-8,11H,9-10,12H2,1H3;1-2,7-8,10-11,14H,3-6H2;1-8H,9H2,(H2,13,14);9,15H,2-6H2,1H3;3,5H,1-2,4H2. The number of allylic oxidation sites excluding steroid dienone is 2. The lowest BCUT2D eigenvalue weighted by Crippen LogP contribution is -2.37. The number of aldehydes is 1. The van der Waals surface area contributed by atoms with Crippen LogP contribution >= 0.6 is 23.2 Å². The number of esters is 1. The Bertz CT molecular complexity index is 4890. The quantitative estimate of drug-likeness (QED) is 0.0374. The zero-order valence-electron chi connectivity index (χ0n) is 62.0. The van der Waals surface area contributed by atoms with Gasteiger partial charge in [-0.15, -0.1) is 23.2 Å². The normalized spacial score (nSPS) is 19.2. The number of nitrogens with zero attached hydrogens (tertiary/aromatic N) is 10. The van der Waals surface area contributed by atoms with E-state index in [-0.39, 0.29) is 58.1 Å². The second kappa shape index (κ2) is 39.7. The number of hydrogen-bond donors (Lipinski definition) is 4. The number of carbonyl (C=O) groups excluding carboxylic acids is 2. The summed E-state index contributed by atoms with van der Waals surface area (Å²) in [4.78, 5) is 83.2. The third-order valence-corrected chi connectivity index (χ3v) is 20.8. The summed E-state index contributed by atoms with van der Waals surface area (Å²) in [6.07, 6.45) is 17.3. The fourth-order valence-corrected chi connectivity index (χ4v) is 14.8. The van der Waals surface area contributed by atoms with Crippen molar-refractivity contribution in [2.75, 3.05) is 56.8 Å². The average molecular weight is 1550 g/mol. The number of fused-ring (bicyclic) bond motifs is 5. The fraction of sp³-hybridized carbons (Fsp3) is 0.427. The van der Waals surface area contributed by atoms with Crippen LogP contribution < -0.4 is 37.2 Å². The second-order valence-corrected chi connectivity index (χ2v) is 28.6. The topological polar surface area (TPSA) is 308 Å². The fourth-order valence-electron chi connectivity index (χ4n) is 14.4. The highest BCUT2D eigenvalue weighted by Crippen LogP contribution is 2.35. The number of benzene rings is 3. The van der Waals surface area contributed by atoms with Crippen molar-refractivity contribution in [3.8, 4) is 11.5 Å². The predicted octanol–water partition coefficient (Wildman–Crippen LogP) is 11.8. The lowest BCUT2D eigenvalue weighted by molar-refractivity contribution is -0.142. The van der Waals surface area contributed by atoms with Crippen LogP contribution in [-0.2, 0) is 64.7 Å². The van der Waals surface area contributed by atoms with E-state index in [1.54, 1.807) is 58.8 Å². The summed E-state index contributed by atoms with van der Waals surface area (Å²) in [6.45, 7) is 12.8. The maximum atomic E-state index is 13.7. The number of aromatic nitrogens is 8. The highest BCUT2D eigenvalue weighted by atomic mass is 35.5. The van der Waals surface area contributed by atoms with Gasteiger partial charge in [0, 0.05) is 101 Å². The van der Waals surface area contributed by atoms with E-state index >= 15 is 0 Å². The van der Waals surface area contributed by atoms with Crippen molar-refractivity contribution in [3.05, 3.63) is 239 Å². The summed E-state index contributed by atoms with van der Waals surface area (Å²) < 4.78 is 53.0. The number of nitrogens with one attached hydrogen (secondary N) is 1. The Hall–Kier alpha value is -9.83. The summed E-state index contributed by atoms with van der Waals surface area (Å²) in [6, 6.07) is 31.6. The summed E-state index contributed by atoms with van der Waals surface area (Å²) in [5.41, 5.74) is 14.9. The van der Waals surface area contributed by atoms with Gasteiger partial charge in [-0.25, -0.2) is 28.7 Å². The predicted molar refractivity (Wildman–Crippen MR) is 416 cm³/mol. The van der Waals surface area contributed by atoms with Crippen molar-refractivity contribution < 1.29 is 52.2 Å². The van der Waals surface area contributed by atoms with Gasteiger partial charge in [0.25, 0.3) is 16.7 Å². The van der Waals surface area contributed by atoms with Gasteiger partial charge < -0.3 is 54.5 Å². The number of rotatable bonds is 17. The minimum Gasteiger partial charge on any atom is -0.485 e. The Labute approximate surface area is 646 Å². The van der Waals surface area contributed by atoms with Gasteiger partial charge >= 0.3 is 5.97 Å². The first-order chi connectivity index (χ1) is 53.4. The zero-order chi connectivity index (χ0) is 77.6. The van der Waals surface area contributed by atoms with E-state index in [1.165, 1.54) is 22.6 Å². The van der Waals surface area contributed by atoms with Crippen molar-refractivity contribution in [3.63, 3.8) is 0 Å². The lowest BCUT2D eigenvalue weighted by atomic mass is 9.82. The second-order valence-electron chi connectivity index (χ2n) is 27.8. The van der Waals surface area contributed by atoms with Crippen LogP contribution in [-0.4, -0.2) is 129 Å². The molecular weight excluding hydrogens is 1450 g/mol. The number of anilines is 1. The maximum Gasteiger partial charge on any atom is 0.309 e. The molecule has 5 unspecified atom stereocenters. The largest absolute Gasteiger partial charge is 0.485 e. The first-order valence-electron chi connectivity index (χ1n) is 37.5. The average Bonchev–Trinajstić information content (AvgIpc) is 1.34. The molecule has 6 aromatic heterocycles. The van der Waals surface area contributed by atoms with E-state index in [1.807, 2.05) is 86.6 Å². The van der Waals surface area contributed by atoms with E-state index in [9.17, 15) is 43.0 Å². The molecule has 12 heterocycles. The van der Waals surface area contributed by atoms with E-state index in [0.717, 1.165) is 117 Å². The molecule has 0 amide bonds. The van der Waals surface area contributed by atoms with Gasteiger partial charge in [0.15, 0.2) is 34.7 Å². The monoisotopic (exact) mass is 1550 g/mol. The number of aryl methyl sites for hydroxylation is 3. The molecule has 9 aromatic rings. The van der Waals surface area contributed by atoms with Gasteiger partial charge in [0.1, 0.15) is 55.0 Å². The summed E-state index contributed by atoms with van der Waals surface area (Å²) in [5.74, 6) is 3.37. The SMILES string of the molecule is Cc1nc2c(OCc3ccccc3)cccn2c(=O)c1CCCl.Cc1nc2n(c(=O)c1CCCl)CCCC2O.Cc1nc2n(c(=O)c1CCN1CCC(c3noc4ccc(F)cc34)CC1)CCCC2O.FC1=CC2C(C3CCNCC3)=NOC2C=C1.Nc1ncccc1OCc1ccccc1.O=CCC1CCOC1=O. The third kappa shape index (κ3) is 20.8. The van der Waals surface area contributed by atoms with E-state index in [2.05, 4.69) is 45.2 Å². The summed E-state index contributed by atoms with van der Waals surface area (Å²) >= 11 is 11.4. The molecule has 0 spiro atoms. The van der Waals surface area contributed by atoms with Gasteiger partial charge in [-0.3, -0.25) is 32.7 Å². The molecule has 582 valence electrons. The number of nitrogen functional groups attached to an aromatic ring is 1. The maximum absolute atomic E-state index is 13.7. The van der Waals surface area contributed by atoms with Crippen LogP contribution in [0.5, 0.6) is 11.5 Å². The molecule has 3 aromatic carbocycles. The Kier molecular flexibility index (Phi) is 29.3. The number of hydrogen-bond acceptors (Lipinski definition) is 21. The molecule has 7 aliphatic rings. The first kappa shape index (κ1) is 81.2. The third-order valence-electron chi connectivity index (χ3n) is 20.4. The van der Waals surface area contributed by atoms with Gasteiger partial charge in [-0.1, -0.05) is 71.0 Å². The Morgan fingerprint density at radius 3 is 1.88 bits per heavy atom. The summed E-state index contributed by atoms with van der Waals surface area (Å²) in [7, 11) is 0. The van der Waals surface area contributed by atoms with Crippen LogP contribution in [0.15, 0.2) is 164 Å². The molecular formula is C82H94Cl2F2N12O12. The number of likely N-dealkylation sites (tertiary alicyclic amines) is 1. The van der Waals surface area contributed by atoms with Crippen LogP contribution in [0.1, 0.15) is 145 Å². The lowest BCUT2D eigenvalue weighted by Gasteiger charge is -2.31. The number of cyclic esters (lactones) is 1. The summed E-state index contributed by atoms with van der Waals surface area (Å²) in [5, 5.41) is 32.4. The highest BCUT2D eigenvalue weighted by molar-refractivity contribution is 6.18. The number of nitrogens with two attached hydrogens (primary N) is 1. The van der Waals surface area contributed by atoms with E-state index < -0.39 is 12.2 Å². The number of pyridine rings is 2. The number of aliphatic hydroxyl groups excluding tert-OH is 2. The van der Waals surface area contributed by atoms with Crippen LogP contribution in [0.2, 0.25) is 0 Å². The Morgan fingerprint density at radius 2 is 1.28 bits per heavy atom. The van der Waals surface area contributed by atoms with Crippen LogP contribution in [0.3, 0.4) is 0 Å². The zero-order valence-corrected chi connectivity index (χ0v) is 63.5. The number of piperidine rings is 2.